The first-order valence-corrected chi connectivity index (χ1v) is 3.88. The number of hydrogen-bond acceptors (Lipinski definition) is 3. The summed E-state index contributed by atoms with van der Waals surface area (Å²) < 4.78 is 1.70. The fourth-order valence-corrected chi connectivity index (χ4v) is 1.33. The predicted molar refractivity (Wildman–Crippen MR) is 46.1 cm³/mol. The lowest BCUT2D eigenvalue weighted by Gasteiger charge is -1.92. The molecule has 0 aliphatic heterocycles. The molecule has 0 aliphatic carbocycles. The summed E-state index contributed by atoms with van der Waals surface area (Å²) in [5, 5.41) is 5.31. The van der Waals surface area contributed by atoms with Crippen LogP contribution in [0.2, 0.25) is 5.28 Å². The summed E-state index contributed by atoms with van der Waals surface area (Å²) in [6.45, 7) is 1.89. The van der Waals surface area contributed by atoms with Crippen LogP contribution in [0.4, 0.5) is 0 Å². The molecule has 2 heterocycles. The molecule has 0 saturated carbocycles. The summed E-state index contributed by atoms with van der Waals surface area (Å²) in [4.78, 5) is 8.00. The highest BCUT2D eigenvalue weighted by Crippen LogP contribution is 2.14. The monoisotopic (exact) mass is 182 g/mol. The minimum Gasteiger partial charge on any atom is -0.273 e. The number of hydrogen-bond donors (Lipinski definition) is 0. The van der Waals surface area contributed by atoms with Crippen molar-refractivity contribution in [2.24, 2.45) is 7.05 Å². The third-order valence-corrected chi connectivity index (χ3v) is 1.83. The van der Waals surface area contributed by atoms with E-state index in [4.69, 9.17) is 11.6 Å². The van der Waals surface area contributed by atoms with Crippen LogP contribution < -0.4 is 0 Å². The van der Waals surface area contributed by atoms with Gasteiger partial charge in [-0.1, -0.05) is 0 Å². The summed E-state index contributed by atoms with van der Waals surface area (Å²) in [6, 6.07) is 0. The first-order chi connectivity index (χ1) is 5.66. The number of nitrogens with zero attached hydrogens (tertiary/aromatic N) is 4. The molecule has 12 heavy (non-hydrogen) atoms. The minimum atomic E-state index is 0.249. The van der Waals surface area contributed by atoms with Gasteiger partial charge in [-0.25, -0.2) is 4.98 Å². The smallest absolute Gasteiger partial charge is 0.224 e. The molecular formula is C7H7ClN4. The van der Waals surface area contributed by atoms with E-state index in [1.807, 2.05) is 20.2 Å². The maximum absolute atomic E-state index is 5.66. The van der Waals surface area contributed by atoms with Gasteiger partial charge in [-0.05, 0) is 18.5 Å². The molecule has 0 N–H and O–H groups in total. The van der Waals surface area contributed by atoms with Crippen molar-refractivity contribution in [1.29, 1.82) is 0 Å². The van der Waals surface area contributed by atoms with Crippen LogP contribution in [0.15, 0.2) is 6.20 Å². The summed E-state index contributed by atoms with van der Waals surface area (Å²) in [7, 11) is 1.84. The molecule has 0 aromatic carbocycles. The van der Waals surface area contributed by atoms with Crippen molar-refractivity contribution in [1.82, 2.24) is 19.7 Å². The molecule has 0 atom stereocenters. The van der Waals surface area contributed by atoms with E-state index < -0.39 is 0 Å². The Bertz CT molecular complexity index is 434. The van der Waals surface area contributed by atoms with E-state index in [0.717, 1.165) is 11.1 Å². The van der Waals surface area contributed by atoms with Crippen LogP contribution in [0.3, 0.4) is 0 Å². The number of aromatic nitrogens is 4. The van der Waals surface area contributed by atoms with Gasteiger partial charge in [0.15, 0.2) is 5.65 Å². The molecule has 0 aliphatic rings. The second-order valence-electron chi connectivity index (χ2n) is 2.62. The standard InChI is InChI=1S/C7H7ClN4/c1-4-5-3-12(2)11-6(5)10-7(8)9-4/h3H,1-2H3. The highest BCUT2D eigenvalue weighted by atomic mass is 35.5. The average Bonchev–Trinajstić information content (AvgIpc) is 2.29. The van der Waals surface area contributed by atoms with Crippen LogP contribution in [-0.4, -0.2) is 19.7 Å². The van der Waals surface area contributed by atoms with Gasteiger partial charge in [0.1, 0.15) is 0 Å². The lowest BCUT2D eigenvalue weighted by molar-refractivity contribution is 0.775. The summed E-state index contributed by atoms with van der Waals surface area (Å²) in [6.07, 6.45) is 1.88. The van der Waals surface area contributed by atoms with E-state index in [1.165, 1.54) is 0 Å². The third kappa shape index (κ3) is 1.04. The van der Waals surface area contributed by atoms with Crippen LogP contribution in [0.25, 0.3) is 11.0 Å². The normalized spacial score (nSPS) is 10.9. The lowest BCUT2D eigenvalue weighted by Crippen LogP contribution is -1.88. The largest absolute Gasteiger partial charge is 0.273 e. The molecule has 0 fully saturated rings. The Labute approximate surface area is 74.2 Å². The highest BCUT2D eigenvalue weighted by molar-refractivity contribution is 6.28. The number of halogens is 1. The van der Waals surface area contributed by atoms with Crippen molar-refractivity contribution in [2.45, 2.75) is 6.92 Å². The van der Waals surface area contributed by atoms with Crippen LogP contribution >= 0.6 is 11.6 Å². The molecular weight excluding hydrogens is 176 g/mol. The predicted octanol–water partition coefficient (Wildman–Crippen LogP) is 1.33. The molecule has 0 unspecified atom stereocenters. The Kier molecular flexibility index (Phi) is 1.51. The molecule has 2 rings (SSSR count). The van der Waals surface area contributed by atoms with Gasteiger partial charge in [-0.2, -0.15) is 10.1 Å². The zero-order valence-electron chi connectivity index (χ0n) is 6.74. The van der Waals surface area contributed by atoms with Crippen molar-refractivity contribution in [3.8, 4) is 0 Å². The van der Waals surface area contributed by atoms with Gasteiger partial charge >= 0.3 is 0 Å². The van der Waals surface area contributed by atoms with Crippen LogP contribution in [0.1, 0.15) is 5.69 Å². The Morgan fingerprint density at radius 3 is 2.92 bits per heavy atom. The molecule has 4 nitrogen and oxygen atoms in total. The number of aryl methyl sites for hydroxylation is 2. The fraction of sp³-hybridized carbons (Fsp3) is 0.286. The van der Waals surface area contributed by atoms with E-state index >= 15 is 0 Å². The summed E-state index contributed by atoms with van der Waals surface area (Å²) in [5.74, 6) is 0. The van der Waals surface area contributed by atoms with Crippen molar-refractivity contribution < 1.29 is 0 Å². The molecule has 0 saturated heterocycles. The van der Waals surface area contributed by atoms with E-state index in [-0.39, 0.29) is 5.28 Å². The molecule has 0 amide bonds. The maximum Gasteiger partial charge on any atom is 0.224 e. The molecule has 0 radical (unpaired) electrons. The van der Waals surface area contributed by atoms with Gasteiger partial charge < -0.3 is 0 Å². The van der Waals surface area contributed by atoms with Gasteiger partial charge in [0.05, 0.1) is 11.1 Å². The van der Waals surface area contributed by atoms with E-state index in [9.17, 15) is 0 Å². The topological polar surface area (TPSA) is 43.6 Å². The highest BCUT2D eigenvalue weighted by Gasteiger charge is 2.05. The van der Waals surface area contributed by atoms with Crippen LogP contribution in [-0.2, 0) is 7.05 Å². The molecule has 5 heteroatoms. The lowest BCUT2D eigenvalue weighted by atomic mass is 10.3. The zero-order valence-corrected chi connectivity index (χ0v) is 7.50. The van der Waals surface area contributed by atoms with Gasteiger partial charge in [-0.15, -0.1) is 0 Å². The van der Waals surface area contributed by atoms with Crippen LogP contribution in [0, 0.1) is 6.92 Å². The van der Waals surface area contributed by atoms with Crippen molar-refractivity contribution >= 4 is 22.6 Å². The van der Waals surface area contributed by atoms with Gasteiger partial charge in [0.2, 0.25) is 5.28 Å². The Hall–Kier alpha value is -1.16. The summed E-state index contributed by atoms with van der Waals surface area (Å²) in [5.41, 5.74) is 1.51. The maximum atomic E-state index is 5.66. The second-order valence-corrected chi connectivity index (χ2v) is 2.96. The van der Waals surface area contributed by atoms with Crippen molar-refractivity contribution in [2.75, 3.05) is 0 Å². The van der Waals surface area contributed by atoms with E-state index in [1.54, 1.807) is 4.68 Å². The number of fused-ring (bicyclic) bond motifs is 1. The fourth-order valence-electron chi connectivity index (χ4n) is 1.13. The van der Waals surface area contributed by atoms with Crippen LogP contribution in [0.5, 0.6) is 0 Å². The van der Waals surface area contributed by atoms with Gasteiger partial charge in [0.25, 0.3) is 0 Å². The Balaban J connectivity index is 2.88. The average molecular weight is 183 g/mol. The molecule has 62 valence electrons. The minimum absolute atomic E-state index is 0.249. The van der Waals surface area contributed by atoms with E-state index in [2.05, 4.69) is 15.1 Å². The molecule has 2 aromatic heterocycles. The third-order valence-electron chi connectivity index (χ3n) is 1.66. The Morgan fingerprint density at radius 1 is 1.42 bits per heavy atom. The first-order valence-electron chi connectivity index (χ1n) is 3.50. The first kappa shape index (κ1) is 7.49. The second kappa shape index (κ2) is 2.42. The van der Waals surface area contributed by atoms with Gasteiger partial charge in [-0.3, -0.25) is 4.68 Å². The summed E-state index contributed by atoms with van der Waals surface area (Å²) >= 11 is 5.66. The molecule has 0 bridgehead atoms. The zero-order chi connectivity index (χ0) is 8.72. The molecule has 0 spiro atoms. The van der Waals surface area contributed by atoms with Crippen molar-refractivity contribution in [3.05, 3.63) is 17.2 Å². The van der Waals surface area contributed by atoms with E-state index in [0.29, 0.717) is 5.65 Å². The molecule has 2 aromatic rings. The number of rotatable bonds is 0. The van der Waals surface area contributed by atoms with Crippen molar-refractivity contribution in [3.63, 3.8) is 0 Å². The quantitative estimate of drug-likeness (QED) is 0.578. The van der Waals surface area contributed by atoms with Gasteiger partial charge in [0, 0.05) is 13.2 Å². The Morgan fingerprint density at radius 2 is 2.17 bits per heavy atom. The SMILES string of the molecule is Cc1nc(Cl)nc2nn(C)cc12.